The maximum Gasteiger partial charge on any atom is 0.171 e. The Balaban J connectivity index is 1.70. The molecule has 2 N–H and O–H groups in total. The van der Waals surface area contributed by atoms with E-state index in [2.05, 4.69) is 50.8 Å². The van der Waals surface area contributed by atoms with Crippen LogP contribution in [0.4, 0.5) is 5.69 Å². The molecule has 0 aliphatic heterocycles. The van der Waals surface area contributed by atoms with Crippen molar-refractivity contribution in [1.82, 2.24) is 5.32 Å². The second kappa shape index (κ2) is 8.08. The lowest BCUT2D eigenvalue weighted by Gasteiger charge is -2.15. The van der Waals surface area contributed by atoms with Crippen LogP contribution in [-0.4, -0.2) is 5.11 Å². The molecule has 0 fully saturated rings. The van der Waals surface area contributed by atoms with E-state index in [9.17, 15) is 0 Å². The molecule has 4 heteroatoms. The molecule has 120 valence electrons. The molecule has 2 nitrogen and oxygen atoms in total. The van der Waals surface area contributed by atoms with Crippen molar-refractivity contribution < 1.29 is 0 Å². The van der Waals surface area contributed by atoms with Crippen LogP contribution in [0, 0.1) is 0 Å². The Morgan fingerprint density at radius 1 is 0.833 bits per heavy atom. The van der Waals surface area contributed by atoms with Crippen LogP contribution in [0.25, 0.3) is 11.1 Å². The van der Waals surface area contributed by atoms with E-state index in [-0.39, 0.29) is 0 Å². The van der Waals surface area contributed by atoms with Crippen molar-refractivity contribution in [3.05, 3.63) is 88.9 Å². The molecule has 3 aromatic carbocycles. The zero-order chi connectivity index (χ0) is 16.8. The smallest absolute Gasteiger partial charge is 0.171 e. The number of halogens is 1. The number of rotatable bonds is 4. The van der Waals surface area contributed by atoms with Crippen LogP contribution < -0.4 is 10.6 Å². The van der Waals surface area contributed by atoms with Crippen LogP contribution in [0.3, 0.4) is 0 Å². The van der Waals surface area contributed by atoms with Crippen LogP contribution in [0.2, 0.25) is 0 Å². The van der Waals surface area contributed by atoms with Crippen LogP contribution in [0.15, 0.2) is 83.3 Å². The topological polar surface area (TPSA) is 24.1 Å². The molecule has 0 saturated carbocycles. The summed E-state index contributed by atoms with van der Waals surface area (Å²) < 4.78 is 1.07. The minimum Gasteiger partial charge on any atom is -0.358 e. The first-order chi connectivity index (χ1) is 11.7. The minimum atomic E-state index is 0.606. The van der Waals surface area contributed by atoms with Gasteiger partial charge in [-0.05, 0) is 35.5 Å². The summed E-state index contributed by atoms with van der Waals surface area (Å²) in [6, 6.07) is 26.6. The lowest BCUT2D eigenvalue weighted by molar-refractivity contribution is 0.920. The number of anilines is 1. The fraction of sp³-hybridized carbons (Fsp3) is 0.0500. The molecule has 0 atom stereocenters. The van der Waals surface area contributed by atoms with E-state index < -0.39 is 0 Å². The second-order valence-electron chi connectivity index (χ2n) is 5.31. The van der Waals surface area contributed by atoms with Crippen molar-refractivity contribution >= 4 is 38.9 Å². The first kappa shape index (κ1) is 16.7. The van der Waals surface area contributed by atoms with Gasteiger partial charge in [-0.2, -0.15) is 0 Å². The first-order valence-electron chi connectivity index (χ1n) is 7.67. The van der Waals surface area contributed by atoms with Gasteiger partial charge in [-0.1, -0.05) is 82.7 Å². The minimum absolute atomic E-state index is 0.606. The van der Waals surface area contributed by atoms with Crippen LogP contribution in [0.1, 0.15) is 5.56 Å². The van der Waals surface area contributed by atoms with Gasteiger partial charge in [0.25, 0.3) is 0 Å². The normalized spacial score (nSPS) is 10.2. The highest BCUT2D eigenvalue weighted by molar-refractivity contribution is 9.10. The molecule has 0 spiro atoms. The molecule has 0 bridgehead atoms. The van der Waals surface area contributed by atoms with Crippen molar-refractivity contribution in [3.8, 4) is 11.1 Å². The summed E-state index contributed by atoms with van der Waals surface area (Å²) in [7, 11) is 0. The zero-order valence-corrected chi connectivity index (χ0v) is 15.4. The number of hydrogen-bond donors (Lipinski definition) is 2. The quantitative estimate of drug-likeness (QED) is 0.560. The maximum absolute atomic E-state index is 5.45. The summed E-state index contributed by atoms with van der Waals surface area (Å²) in [6.45, 7) is 0.667. The van der Waals surface area contributed by atoms with Crippen molar-refractivity contribution in [2.75, 3.05) is 5.32 Å². The predicted octanol–water partition coefficient (Wildman–Crippen LogP) is 5.60. The van der Waals surface area contributed by atoms with Gasteiger partial charge in [-0.15, -0.1) is 0 Å². The van der Waals surface area contributed by atoms with Gasteiger partial charge < -0.3 is 10.6 Å². The van der Waals surface area contributed by atoms with Crippen molar-refractivity contribution in [2.45, 2.75) is 6.54 Å². The number of thiocarbonyl (C=S) groups is 1. The lowest BCUT2D eigenvalue weighted by atomic mass is 10.0. The van der Waals surface area contributed by atoms with Gasteiger partial charge in [0.2, 0.25) is 0 Å². The highest BCUT2D eigenvalue weighted by Crippen LogP contribution is 2.27. The van der Waals surface area contributed by atoms with Gasteiger partial charge >= 0.3 is 0 Å². The van der Waals surface area contributed by atoms with E-state index in [1.165, 1.54) is 0 Å². The maximum atomic E-state index is 5.45. The zero-order valence-electron chi connectivity index (χ0n) is 13.0. The van der Waals surface area contributed by atoms with Crippen LogP contribution in [0.5, 0.6) is 0 Å². The lowest BCUT2D eigenvalue weighted by Crippen LogP contribution is -2.28. The van der Waals surface area contributed by atoms with Gasteiger partial charge in [-0.3, -0.25) is 0 Å². The van der Waals surface area contributed by atoms with Gasteiger partial charge in [-0.25, -0.2) is 0 Å². The summed E-state index contributed by atoms with van der Waals surface area (Å²) in [6.07, 6.45) is 0. The Morgan fingerprint density at radius 3 is 2.29 bits per heavy atom. The summed E-state index contributed by atoms with van der Waals surface area (Å²) in [5.74, 6) is 0. The summed E-state index contributed by atoms with van der Waals surface area (Å²) in [5, 5.41) is 7.17. The average molecular weight is 397 g/mol. The fourth-order valence-electron chi connectivity index (χ4n) is 2.45. The van der Waals surface area contributed by atoms with Crippen molar-refractivity contribution in [2.24, 2.45) is 0 Å². The number of benzene rings is 3. The highest BCUT2D eigenvalue weighted by atomic mass is 79.9. The van der Waals surface area contributed by atoms with E-state index in [0.717, 1.165) is 26.9 Å². The standard InChI is InChI=1S/C20H17BrN2S/c21-18-12-6-4-10-16(18)14-22-20(24)23-19-13-7-5-11-17(19)15-8-2-1-3-9-15/h1-13H,14H2,(H2,22,23,24). The molecule has 0 radical (unpaired) electrons. The van der Waals surface area contributed by atoms with E-state index >= 15 is 0 Å². The molecule has 0 aliphatic rings. The van der Waals surface area contributed by atoms with Gasteiger partial charge in [0.05, 0.1) is 0 Å². The van der Waals surface area contributed by atoms with Gasteiger partial charge in [0.15, 0.2) is 5.11 Å². The Hall–Kier alpha value is -2.17. The van der Waals surface area contributed by atoms with Gasteiger partial charge in [0.1, 0.15) is 0 Å². The van der Waals surface area contributed by atoms with Crippen LogP contribution >= 0.6 is 28.1 Å². The van der Waals surface area contributed by atoms with Crippen molar-refractivity contribution in [1.29, 1.82) is 0 Å². The molecule has 0 saturated heterocycles. The fourth-order valence-corrected chi connectivity index (χ4v) is 3.05. The third kappa shape index (κ3) is 4.22. The molecule has 0 heterocycles. The number of para-hydroxylation sites is 1. The van der Waals surface area contributed by atoms with E-state index in [0.29, 0.717) is 11.7 Å². The van der Waals surface area contributed by atoms with E-state index in [1.54, 1.807) is 0 Å². The van der Waals surface area contributed by atoms with E-state index in [1.807, 2.05) is 54.6 Å². The summed E-state index contributed by atoms with van der Waals surface area (Å²) in [4.78, 5) is 0. The summed E-state index contributed by atoms with van der Waals surface area (Å²) in [5.41, 5.74) is 4.45. The molecule has 0 aliphatic carbocycles. The van der Waals surface area contributed by atoms with Crippen molar-refractivity contribution in [3.63, 3.8) is 0 Å². The molecule has 0 amide bonds. The molecule has 0 aromatic heterocycles. The van der Waals surface area contributed by atoms with Crippen LogP contribution in [-0.2, 0) is 6.54 Å². The molecule has 3 rings (SSSR count). The molecular formula is C20H17BrN2S. The number of nitrogens with one attached hydrogen (secondary N) is 2. The Kier molecular flexibility index (Phi) is 5.62. The molecular weight excluding hydrogens is 380 g/mol. The number of hydrogen-bond acceptors (Lipinski definition) is 1. The molecule has 3 aromatic rings. The van der Waals surface area contributed by atoms with Gasteiger partial charge in [0, 0.05) is 22.3 Å². The Labute approximate surface area is 156 Å². The SMILES string of the molecule is S=C(NCc1ccccc1Br)Nc1ccccc1-c1ccccc1. The first-order valence-corrected chi connectivity index (χ1v) is 8.87. The summed E-state index contributed by atoms with van der Waals surface area (Å²) >= 11 is 9.00. The van der Waals surface area contributed by atoms with E-state index in [4.69, 9.17) is 12.2 Å². The highest BCUT2D eigenvalue weighted by Gasteiger charge is 2.06. The monoisotopic (exact) mass is 396 g/mol. The third-order valence-corrected chi connectivity index (χ3v) is 4.68. The largest absolute Gasteiger partial charge is 0.358 e. The predicted molar refractivity (Wildman–Crippen MR) is 109 cm³/mol. The molecule has 0 unspecified atom stereocenters. The third-order valence-electron chi connectivity index (χ3n) is 3.66. The second-order valence-corrected chi connectivity index (χ2v) is 6.57. The Morgan fingerprint density at radius 2 is 1.50 bits per heavy atom. The molecule has 24 heavy (non-hydrogen) atoms. The Bertz CT molecular complexity index is 834. The average Bonchev–Trinajstić information content (AvgIpc) is 2.62.